The van der Waals surface area contributed by atoms with Gasteiger partial charge in [0.25, 0.3) is 6.43 Å². The van der Waals surface area contributed by atoms with Crippen LogP contribution in [0.4, 0.5) is 20.4 Å². The zero-order valence-corrected chi connectivity index (χ0v) is 19.4. The summed E-state index contributed by atoms with van der Waals surface area (Å²) in [6.07, 6.45) is -2.81. The van der Waals surface area contributed by atoms with Crippen LogP contribution in [0.3, 0.4) is 0 Å². The monoisotopic (exact) mass is 474 g/mol. The molecule has 0 bridgehead atoms. The second-order valence-corrected chi connectivity index (χ2v) is 8.43. The summed E-state index contributed by atoms with van der Waals surface area (Å²) in [5.41, 5.74) is 0.804. The van der Waals surface area contributed by atoms with Gasteiger partial charge >= 0.3 is 0 Å². The Morgan fingerprint density at radius 2 is 1.79 bits per heavy atom. The van der Waals surface area contributed by atoms with Crippen molar-refractivity contribution in [2.75, 3.05) is 56.4 Å². The van der Waals surface area contributed by atoms with Gasteiger partial charge in [0.2, 0.25) is 5.95 Å². The van der Waals surface area contributed by atoms with Crippen LogP contribution >= 0.6 is 0 Å². The molecule has 11 heteroatoms. The number of alkyl halides is 2. The summed E-state index contributed by atoms with van der Waals surface area (Å²) in [6, 6.07) is 7.14. The summed E-state index contributed by atoms with van der Waals surface area (Å²) in [5.74, 6) is 1.47. The molecular weight excluding hydrogens is 446 g/mol. The van der Waals surface area contributed by atoms with E-state index in [1.807, 2.05) is 13.0 Å². The Hall–Kier alpha value is -3.05. The van der Waals surface area contributed by atoms with Crippen molar-refractivity contribution in [1.82, 2.24) is 19.5 Å². The van der Waals surface area contributed by atoms with Gasteiger partial charge in [-0.25, -0.2) is 13.8 Å². The third-order valence-electron chi connectivity index (χ3n) is 6.49. The first-order valence-corrected chi connectivity index (χ1v) is 11.4. The third kappa shape index (κ3) is 4.03. The number of halogens is 2. The Kier molecular flexibility index (Phi) is 6.22. The van der Waals surface area contributed by atoms with Crippen LogP contribution in [-0.2, 0) is 9.47 Å². The first kappa shape index (κ1) is 22.7. The summed E-state index contributed by atoms with van der Waals surface area (Å²) in [6.45, 7) is 7.76. The number of ether oxygens (including phenoxy) is 3. The van der Waals surface area contributed by atoms with E-state index in [2.05, 4.69) is 21.7 Å². The van der Waals surface area contributed by atoms with E-state index in [1.54, 1.807) is 18.2 Å². The summed E-state index contributed by atoms with van der Waals surface area (Å²) in [7, 11) is 1.49. The highest BCUT2D eigenvalue weighted by atomic mass is 19.3. The lowest BCUT2D eigenvalue weighted by Crippen LogP contribution is -2.49. The van der Waals surface area contributed by atoms with E-state index in [-0.39, 0.29) is 18.1 Å². The molecule has 0 N–H and O–H groups in total. The molecule has 2 fully saturated rings. The normalized spacial score (nSPS) is 21.5. The molecule has 3 aromatic rings. The fourth-order valence-electron chi connectivity index (χ4n) is 4.48. The SMILES string of the molecule is COc1cccc2c1nc(C(F)F)n2-c1nc(N2CCOCC2)cc(N2CCO[C@@H](C)[C@H]2C)n1. The predicted octanol–water partition coefficient (Wildman–Crippen LogP) is 3.21. The lowest BCUT2D eigenvalue weighted by Gasteiger charge is -2.39. The van der Waals surface area contributed by atoms with E-state index in [9.17, 15) is 8.78 Å². The zero-order valence-electron chi connectivity index (χ0n) is 19.4. The van der Waals surface area contributed by atoms with Crippen LogP contribution in [-0.4, -0.2) is 78.2 Å². The lowest BCUT2D eigenvalue weighted by atomic mass is 10.1. The number of hydrogen-bond acceptors (Lipinski definition) is 8. The number of para-hydroxylation sites is 1. The van der Waals surface area contributed by atoms with Gasteiger partial charge in [-0.2, -0.15) is 9.97 Å². The Labute approximate surface area is 196 Å². The van der Waals surface area contributed by atoms with Crippen molar-refractivity contribution < 1.29 is 23.0 Å². The van der Waals surface area contributed by atoms with Gasteiger partial charge in [0.05, 0.1) is 44.6 Å². The molecule has 2 aliphatic heterocycles. The minimum absolute atomic E-state index is 0.00830. The predicted molar refractivity (Wildman–Crippen MR) is 123 cm³/mol. The van der Waals surface area contributed by atoms with Crippen molar-refractivity contribution >= 4 is 22.7 Å². The van der Waals surface area contributed by atoms with Crippen LogP contribution in [0, 0.1) is 0 Å². The standard InChI is InChI=1S/C23H28F2N6O3/c1-14-15(2)34-12-9-30(14)19-13-18(29-7-10-33-11-8-29)26-23(27-19)31-16-5-4-6-17(32-3)20(16)28-22(31)21(24)25/h4-6,13-15,21H,7-12H2,1-3H3/t14-,15+/m1/s1. The van der Waals surface area contributed by atoms with Gasteiger partial charge in [-0.15, -0.1) is 0 Å². The number of benzene rings is 1. The molecule has 5 rings (SSSR count). The van der Waals surface area contributed by atoms with E-state index in [4.69, 9.17) is 24.2 Å². The lowest BCUT2D eigenvalue weighted by molar-refractivity contribution is 0.0281. The second kappa shape index (κ2) is 9.30. The summed E-state index contributed by atoms with van der Waals surface area (Å²) < 4.78 is 46.3. The molecule has 0 saturated carbocycles. The van der Waals surface area contributed by atoms with Crippen molar-refractivity contribution in [3.8, 4) is 11.7 Å². The van der Waals surface area contributed by atoms with Crippen molar-refractivity contribution in [3.63, 3.8) is 0 Å². The van der Waals surface area contributed by atoms with Crippen LogP contribution in [0.1, 0.15) is 26.1 Å². The summed E-state index contributed by atoms with van der Waals surface area (Å²) >= 11 is 0. The maximum Gasteiger partial charge on any atom is 0.296 e. The minimum atomic E-state index is -2.82. The number of methoxy groups -OCH3 is 1. The number of imidazole rings is 1. The molecule has 2 saturated heterocycles. The maximum atomic E-state index is 14.2. The number of morpholine rings is 2. The number of aromatic nitrogens is 4. The molecule has 0 aliphatic carbocycles. The Morgan fingerprint density at radius 3 is 2.53 bits per heavy atom. The number of hydrogen-bond donors (Lipinski definition) is 0. The van der Waals surface area contributed by atoms with Gasteiger partial charge in [-0.05, 0) is 26.0 Å². The minimum Gasteiger partial charge on any atom is -0.494 e. The highest BCUT2D eigenvalue weighted by Gasteiger charge is 2.30. The molecule has 2 aliphatic rings. The smallest absolute Gasteiger partial charge is 0.296 e. The molecule has 4 heterocycles. The van der Waals surface area contributed by atoms with E-state index < -0.39 is 12.2 Å². The first-order valence-electron chi connectivity index (χ1n) is 11.4. The average Bonchev–Trinajstić information content (AvgIpc) is 3.26. The van der Waals surface area contributed by atoms with Crippen LogP contribution < -0.4 is 14.5 Å². The van der Waals surface area contributed by atoms with Gasteiger partial charge in [0.15, 0.2) is 5.82 Å². The van der Waals surface area contributed by atoms with E-state index in [1.165, 1.54) is 11.7 Å². The molecule has 1 aromatic carbocycles. The molecule has 0 radical (unpaired) electrons. The molecule has 182 valence electrons. The van der Waals surface area contributed by atoms with Crippen LogP contribution in [0.25, 0.3) is 17.0 Å². The third-order valence-corrected chi connectivity index (χ3v) is 6.49. The number of anilines is 2. The number of rotatable bonds is 5. The quantitative estimate of drug-likeness (QED) is 0.558. The fourth-order valence-corrected chi connectivity index (χ4v) is 4.48. The van der Waals surface area contributed by atoms with E-state index >= 15 is 0 Å². The molecule has 9 nitrogen and oxygen atoms in total. The van der Waals surface area contributed by atoms with Crippen LogP contribution in [0.2, 0.25) is 0 Å². The summed E-state index contributed by atoms with van der Waals surface area (Å²) in [4.78, 5) is 18.0. The number of fused-ring (bicyclic) bond motifs is 1. The zero-order chi connectivity index (χ0) is 23.8. The highest BCUT2D eigenvalue weighted by molar-refractivity contribution is 5.84. The molecule has 0 unspecified atom stereocenters. The fraction of sp³-hybridized carbons (Fsp3) is 0.522. The molecule has 0 spiro atoms. The van der Waals surface area contributed by atoms with Crippen molar-refractivity contribution in [2.24, 2.45) is 0 Å². The second-order valence-electron chi connectivity index (χ2n) is 8.43. The molecule has 0 amide bonds. The Morgan fingerprint density at radius 1 is 1.03 bits per heavy atom. The van der Waals surface area contributed by atoms with Crippen LogP contribution in [0.5, 0.6) is 5.75 Å². The Bertz CT molecular complexity index is 1170. The summed E-state index contributed by atoms with van der Waals surface area (Å²) in [5, 5.41) is 0. The van der Waals surface area contributed by atoms with Gasteiger partial charge in [-0.1, -0.05) is 6.07 Å². The van der Waals surface area contributed by atoms with Gasteiger partial charge in [-0.3, -0.25) is 4.57 Å². The topological polar surface area (TPSA) is 77.8 Å². The van der Waals surface area contributed by atoms with Gasteiger partial charge in [0.1, 0.15) is 22.9 Å². The highest BCUT2D eigenvalue weighted by Crippen LogP contribution is 2.33. The van der Waals surface area contributed by atoms with Gasteiger partial charge in [0, 0.05) is 25.7 Å². The largest absolute Gasteiger partial charge is 0.494 e. The van der Waals surface area contributed by atoms with Gasteiger partial charge < -0.3 is 24.0 Å². The van der Waals surface area contributed by atoms with E-state index in [0.29, 0.717) is 67.9 Å². The van der Waals surface area contributed by atoms with Crippen molar-refractivity contribution in [2.45, 2.75) is 32.4 Å². The average molecular weight is 475 g/mol. The van der Waals surface area contributed by atoms with E-state index in [0.717, 1.165) is 0 Å². The molecule has 2 atom stereocenters. The molecular formula is C23H28F2N6O3. The van der Waals surface area contributed by atoms with Crippen molar-refractivity contribution in [1.29, 1.82) is 0 Å². The first-order chi connectivity index (χ1) is 16.5. The Balaban J connectivity index is 1.71. The van der Waals surface area contributed by atoms with Crippen molar-refractivity contribution in [3.05, 3.63) is 30.1 Å². The van der Waals surface area contributed by atoms with Crippen LogP contribution in [0.15, 0.2) is 24.3 Å². The number of nitrogens with zero attached hydrogens (tertiary/aromatic N) is 6. The maximum absolute atomic E-state index is 14.2. The molecule has 2 aromatic heterocycles. The molecule has 34 heavy (non-hydrogen) atoms.